The lowest BCUT2D eigenvalue weighted by atomic mass is 10.1. The van der Waals surface area contributed by atoms with Crippen molar-refractivity contribution in [1.82, 2.24) is 9.62 Å². The van der Waals surface area contributed by atoms with E-state index in [1.54, 1.807) is 18.2 Å². The van der Waals surface area contributed by atoms with Crippen LogP contribution in [0.5, 0.6) is 0 Å². The smallest absolute Gasteiger partial charge is 0.240 e. The third-order valence-electron chi connectivity index (χ3n) is 4.44. The van der Waals surface area contributed by atoms with E-state index in [1.807, 2.05) is 18.7 Å². The van der Waals surface area contributed by atoms with Gasteiger partial charge in [0, 0.05) is 26.1 Å². The molecule has 0 saturated heterocycles. The van der Waals surface area contributed by atoms with Gasteiger partial charge < -0.3 is 4.90 Å². The molecule has 0 aliphatic heterocycles. The molecule has 0 heterocycles. The van der Waals surface area contributed by atoms with Crippen LogP contribution in [0, 0.1) is 19.8 Å². The second-order valence-electron chi connectivity index (χ2n) is 6.68. The molecule has 6 heteroatoms. The highest BCUT2D eigenvalue weighted by Crippen LogP contribution is 2.29. The summed E-state index contributed by atoms with van der Waals surface area (Å²) in [5, 5.41) is 0. The Balaban J connectivity index is 1.88. The van der Waals surface area contributed by atoms with Crippen molar-refractivity contribution in [3.8, 4) is 0 Å². The molecule has 134 valence electrons. The van der Waals surface area contributed by atoms with Gasteiger partial charge in [-0.1, -0.05) is 13.0 Å². The molecule has 2 rings (SSSR count). The van der Waals surface area contributed by atoms with Crippen LogP contribution in [-0.4, -0.2) is 38.9 Å². The second kappa shape index (κ2) is 8.12. The van der Waals surface area contributed by atoms with Gasteiger partial charge in [0.15, 0.2) is 0 Å². The Morgan fingerprint density at radius 3 is 2.54 bits per heavy atom. The minimum Gasteiger partial charge on any atom is -0.342 e. The van der Waals surface area contributed by atoms with Gasteiger partial charge in [0.05, 0.1) is 4.90 Å². The van der Waals surface area contributed by atoms with Crippen LogP contribution < -0.4 is 4.72 Å². The predicted octanol–water partition coefficient (Wildman–Crippen LogP) is 2.62. The molecule has 5 nitrogen and oxygen atoms in total. The highest BCUT2D eigenvalue weighted by molar-refractivity contribution is 7.89. The van der Waals surface area contributed by atoms with Crippen LogP contribution in [0.2, 0.25) is 0 Å². The summed E-state index contributed by atoms with van der Waals surface area (Å²) >= 11 is 0. The Hall–Kier alpha value is -1.40. The van der Waals surface area contributed by atoms with E-state index in [2.05, 4.69) is 11.6 Å². The maximum absolute atomic E-state index is 12.3. The standard InChI is InChI=1S/C18H28N2O3S/c1-4-11-20(13-16-6-7-16)18(21)9-10-19-24(22,23)17-8-5-14(2)15(3)12-17/h5,8,12,16,19H,4,6-7,9-11,13H2,1-3H3. The van der Waals surface area contributed by atoms with Crippen LogP contribution in [0.15, 0.2) is 23.1 Å². The van der Waals surface area contributed by atoms with Crippen molar-refractivity contribution in [3.05, 3.63) is 29.3 Å². The normalized spacial score (nSPS) is 14.6. The summed E-state index contributed by atoms with van der Waals surface area (Å²) in [4.78, 5) is 14.4. The van der Waals surface area contributed by atoms with E-state index in [-0.39, 0.29) is 23.8 Å². The molecule has 1 aliphatic carbocycles. The van der Waals surface area contributed by atoms with Gasteiger partial charge in [-0.05, 0) is 62.3 Å². The average Bonchev–Trinajstić information content (AvgIpc) is 3.33. The molecule has 0 bridgehead atoms. The lowest BCUT2D eigenvalue weighted by molar-refractivity contribution is -0.131. The molecule has 0 unspecified atom stereocenters. The molecule has 1 fully saturated rings. The van der Waals surface area contributed by atoms with Crippen molar-refractivity contribution in [1.29, 1.82) is 0 Å². The second-order valence-corrected chi connectivity index (χ2v) is 8.44. The van der Waals surface area contributed by atoms with Crippen LogP contribution in [0.1, 0.15) is 43.7 Å². The number of sulfonamides is 1. The summed E-state index contributed by atoms with van der Waals surface area (Å²) in [5.41, 5.74) is 1.99. The number of aryl methyl sites for hydroxylation is 2. The Morgan fingerprint density at radius 2 is 1.96 bits per heavy atom. The van der Waals surface area contributed by atoms with Crippen LogP contribution in [0.4, 0.5) is 0 Å². The number of hydrogen-bond acceptors (Lipinski definition) is 3. The molecule has 1 N–H and O–H groups in total. The Labute approximate surface area is 145 Å². The molecule has 0 spiro atoms. The highest BCUT2D eigenvalue weighted by atomic mass is 32.2. The third-order valence-corrected chi connectivity index (χ3v) is 5.90. The zero-order chi connectivity index (χ0) is 17.7. The van der Waals surface area contributed by atoms with Crippen LogP contribution in [0.25, 0.3) is 0 Å². The first-order valence-electron chi connectivity index (χ1n) is 8.68. The third kappa shape index (κ3) is 5.31. The van der Waals surface area contributed by atoms with Crippen molar-refractivity contribution in [3.63, 3.8) is 0 Å². The fraction of sp³-hybridized carbons (Fsp3) is 0.611. The highest BCUT2D eigenvalue weighted by Gasteiger charge is 2.26. The molecule has 1 aromatic carbocycles. The Morgan fingerprint density at radius 1 is 1.25 bits per heavy atom. The fourth-order valence-corrected chi connectivity index (χ4v) is 3.73. The predicted molar refractivity (Wildman–Crippen MR) is 95.3 cm³/mol. The number of amides is 1. The van der Waals surface area contributed by atoms with E-state index in [0.29, 0.717) is 5.92 Å². The number of rotatable bonds is 9. The summed E-state index contributed by atoms with van der Waals surface area (Å²) < 4.78 is 27.2. The molecular weight excluding hydrogens is 324 g/mol. The largest absolute Gasteiger partial charge is 0.342 e. The molecule has 0 radical (unpaired) electrons. The maximum atomic E-state index is 12.3. The maximum Gasteiger partial charge on any atom is 0.240 e. The first-order chi connectivity index (χ1) is 11.3. The van der Waals surface area contributed by atoms with Gasteiger partial charge in [-0.15, -0.1) is 0 Å². The zero-order valence-corrected chi connectivity index (χ0v) is 15.7. The summed E-state index contributed by atoms with van der Waals surface area (Å²) in [5.74, 6) is 0.680. The monoisotopic (exact) mass is 352 g/mol. The van der Waals surface area contributed by atoms with E-state index in [4.69, 9.17) is 0 Å². The van der Waals surface area contributed by atoms with Crippen molar-refractivity contribution in [2.75, 3.05) is 19.6 Å². The summed E-state index contributed by atoms with van der Waals surface area (Å²) in [6.07, 6.45) is 3.53. The van der Waals surface area contributed by atoms with Gasteiger partial charge in [-0.3, -0.25) is 4.79 Å². The number of nitrogens with one attached hydrogen (secondary N) is 1. The quantitative estimate of drug-likeness (QED) is 0.743. The van der Waals surface area contributed by atoms with E-state index >= 15 is 0 Å². The molecule has 1 amide bonds. The van der Waals surface area contributed by atoms with Gasteiger partial charge in [0.1, 0.15) is 0 Å². The van der Waals surface area contributed by atoms with Crippen LogP contribution in [0.3, 0.4) is 0 Å². The topological polar surface area (TPSA) is 66.5 Å². The van der Waals surface area contributed by atoms with Gasteiger partial charge in [-0.25, -0.2) is 13.1 Å². The average molecular weight is 353 g/mol. The Bertz CT molecular complexity index is 682. The van der Waals surface area contributed by atoms with E-state index in [9.17, 15) is 13.2 Å². The van der Waals surface area contributed by atoms with E-state index in [1.165, 1.54) is 12.8 Å². The Kier molecular flexibility index (Phi) is 6.40. The molecule has 1 aromatic rings. The number of hydrogen-bond donors (Lipinski definition) is 1. The summed E-state index contributed by atoms with van der Waals surface area (Å²) in [6.45, 7) is 7.59. The van der Waals surface area contributed by atoms with Gasteiger partial charge in [-0.2, -0.15) is 0 Å². The van der Waals surface area contributed by atoms with Gasteiger partial charge in [0.2, 0.25) is 15.9 Å². The lowest BCUT2D eigenvalue weighted by Gasteiger charge is -2.22. The molecule has 1 aliphatic rings. The lowest BCUT2D eigenvalue weighted by Crippen LogP contribution is -2.36. The van der Waals surface area contributed by atoms with E-state index < -0.39 is 10.0 Å². The number of carbonyl (C=O) groups is 1. The fourth-order valence-electron chi connectivity index (χ4n) is 2.61. The van der Waals surface area contributed by atoms with Crippen molar-refractivity contribution < 1.29 is 13.2 Å². The minimum atomic E-state index is -3.56. The molecular formula is C18H28N2O3S. The summed E-state index contributed by atoms with van der Waals surface area (Å²) in [7, 11) is -3.56. The van der Waals surface area contributed by atoms with Gasteiger partial charge >= 0.3 is 0 Å². The molecule has 0 aromatic heterocycles. The first-order valence-corrected chi connectivity index (χ1v) is 10.2. The molecule has 24 heavy (non-hydrogen) atoms. The van der Waals surface area contributed by atoms with Crippen molar-refractivity contribution >= 4 is 15.9 Å². The zero-order valence-electron chi connectivity index (χ0n) is 14.8. The minimum absolute atomic E-state index is 0.0338. The van der Waals surface area contributed by atoms with Crippen molar-refractivity contribution in [2.45, 2.75) is 51.3 Å². The van der Waals surface area contributed by atoms with Crippen LogP contribution in [-0.2, 0) is 14.8 Å². The molecule has 1 saturated carbocycles. The van der Waals surface area contributed by atoms with Gasteiger partial charge in [0.25, 0.3) is 0 Å². The van der Waals surface area contributed by atoms with Crippen molar-refractivity contribution in [2.24, 2.45) is 5.92 Å². The first kappa shape index (κ1) is 18.9. The van der Waals surface area contributed by atoms with E-state index in [0.717, 1.165) is 30.6 Å². The van der Waals surface area contributed by atoms with Crippen LogP contribution >= 0.6 is 0 Å². The number of carbonyl (C=O) groups excluding carboxylic acids is 1. The SMILES string of the molecule is CCCN(CC1CC1)C(=O)CCNS(=O)(=O)c1ccc(C)c(C)c1. The number of benzene rings is 1. The summed E-state index contributed by atoms with van der Waals surface area (Å²) in [6, 6.07) is 5.06. The number of nitrogens with zero attached hydrogens (tertiary/aromatic N) is 1. The molecule has 0 atom stereocenters.